The summed E-state index contributed by atoms with van der Waals surface area (Å²) in [7, 11) is 0. The summed E-state index contributed by atoms with van der Waals surface area (Å²) in [4.78, 5) is 20.9. The van der Waals surface area contributed by atoms with Crippen molar-refractivity contribution in [1.82, 2.24) is 10.3 Å². The van der Waals surface area contributed by atoms with Gasteiger partial charge >= 0.3 is 0 Å². The molecule has 0 bridgehead atoms. The lowest BCUT2D eigenvalue weighted by atomic mass is 10.2. The Balaban J connectivity index is 1.87. The fraction of sp³-hybridized carbons (Fsp3) is 0. The van der Waals surface area contributed by atoms with Crippen molar-refractivity contribution in [2.45, 2.75) is 0 Å². The second-order valence-electron chi connectivity index (χ2n) is 4.34. The van der Waals surface area contributed by atoms with Crippen LogP contribution in [0, 0.1) is 0 Å². The first-order chi connectivity index (χ1) is 10.6. The number of amides is 1. The molecule has 7 heteroatoms. The van der Waals surface area contributed by atoms with E-state index >= 15 is 0 Å². The van der Waals surface area contributed by atoms with Crippen molar-refractivity contribution in [1.29, 1.82) is 0 Å². The fourth-order valence-electron chi connectivity index (χ4n) is 1.78. The molecular formula is C15H9Cl2N3OS. The first-order valence-corrected chi connectivity index (χ1v) is 7.84. The first-order valence-electron chi connectivity index (χ1n) is 6.27. The third kappa shape index (κ3) is 3.32. The third-order valence-electron chi connectivity index (χ3n) is 2.79. The lowest BCUT2D eigenvalue weighted by Gasteiger charge is -2.00. The number of hydrogen-bond donors (Lipinski definition) is 1. The summed E-state index contributed by atoms with van der Waals surface area (Å²) in [6.45, 7) is 0. The van der Waals surface area contributed by atoms with Crippen molar-refractivity contribution in [2.24, 2.45) is 4.99 Å². The van der Waals surface area contributed by atoms with E-state index in [4.69, 9.17) is 23.2 Å². The molecule has 0 saturated carbocycles. The molecule has 0 unspecified atom stereocenters. The van der Waals surface area contributed by atoms with E-state index in [-0.39, 0.29) is 5.91 Å². The Morgan fingerprint density at radius 2 is 2.09 bits per heavy atom. The molecule has 4 nitrogen and oxygen atoms in total. The van der Waals surface area contributed by atoms with Crippen LogP contribution < -0.4 is 5.32 Å². The molecule has 2 heterocycles. The van der Waals surface area contributed by atoms with Gasteiger partial charge in [0.2, 0.25) is 0 Å². The molecule has 1 aromatic heterocycles. The number of pyridine rings is 1. The van der Waals surface area contributed by atoms with Gasteiger partial charge in [0, 0.05) is 12.4 Å². The maximum Gasteiger partial charge on any atom is 0.264 e. The van der Waals surface area contributed by atoms with Gasteiger partial charge in [-0.2, -0.15) is 0 Å². The minimum Gasteiger partial charge on any atom is -0.300 e. The SMILES string of the molecule is O=C1NC(=Nc2cccc(Cl)c2Cl)S/C1=C/c1cccnc1. The van der Waals surface area contributed by atoms with Crippen LogP contribution in [0.25, 0.3) is 6.08 Å². The highest BCUT2D eigenvalue weighted by Gasteiger charge is 2.24. The Morgan fingerprint density at radius 1 is 1.23 bits per heavy atom. The molecule has 1 aliphatic heterocycles. The normalized spacial score (nSPS) is 18.0. The van der Waals surface area contributed by atoms with Crippen molar-refractivity contribution < 1.29 is 4.79 Å². The van der Waals surface area contributed by atoms with E-state index in [1.54, 1.807) is 36.7 Å². The maximum atomic E-state index is 12.0. The number of aliphatic imine (C=N–C) groups is 1. The zero-order valence-electron chi connectivity index (χ0n) is 11.1. The van der Waals surface area contributed by atoms with Crippen LogP contribution in [0.2, 0.25) is 10.0 Å². The van der Waals surface area contributed by atoms with E-state index in [9.17, 15) is 4.79 Å². The predicted molar refractivity (Wildman–Crippen MR) is 91.5 cm³/mol. The lowest BCUT2D eigenvalue weighted by molar-refractivity contribution is -0.115. The second-order valence-corrected chi connectivity index (χ2v) is 6.16. The van der Waals surface area contributed by atoms with E-state index in [1.807, 2.05) is 12.1 Å². The van der Waals surface area contributed by atoms with Crippen molar-refractivity contribution in [3.63, 3.8) is 0 Å². The molecule has 22 heavy (non-hydrogen) atoms. The van der Waals surface area contributed by atoms with Crippen molar-refractivity contribution in [3.8, 4) is 0 Å². The molecule has 3 rings (SSSR count). The van der Waals surface area contributed by atoms with E-state index in [1.165, 1.54) is 11.8 Å². The number of halogens is 2. The molecule has 0 spiro atoms. The Kier molecular flexibility index (Phi) is 4.47. The van der Waals surface area contributed by atoms with Crippen molar-refractivity contribution in [2.75, 3.05) is 0 Å². The molecule has 0 radical (unpaired) electrons. The van der Waals surface area contributed by atoms with Crippen LogP contribution in [0.1, 0.15) is 5.56 Å². The van der Waals surface area contributed by atoms with Gasteiger partial charge in [0.05, 0.1) is 20.6 Å². The standard InChI is InChI=1S/C15H9Cl2N3OS/c16-10-4-1-5-11(13(10)17)19-15-20-14(21)12(22-15)7-9-3-2-6-18-8-9/h1-8H,(H,19,20,21)/b12-7+. The van der Waals surface area contributed by atoms with E-state index < -0.39 is 0 Å². The summed E-state index contributed by atoms with van der Waals surface area (Å²) >= 11 is 13.3. The Bertz CT molecular complexity index is 791. The molecular weight excluding hydrogens is 341 g/mol. The number of carbonyl (C=O) groups excluding carboxylic acids is 1. The maximum absolute atomic E-state index is 12.0. The van der Waals surface area contributed by atoms with Crippen LogP contribution in [-0.2, 0) is 4.79 Å². The average molecular weight is 350 g/mol. The Morgan fingerprint density at radius 3 is 2.86 bits per heavy atom. The topological polar surface area (TPSA) is 54.4 Å². The van der Waals surface area contributed by atoms with Crippen LogP contribution in [-0.4, -0.2) is 16.1 Å². The number of hydrogen-bond acceptors (Lipinski definition) is 4. The lowest BCUT2D eigenvalue weighted by Crippen LogP contribution is -2.19. The molecule has 1 N–H and O–H groups in total. The van der Waals surface area contributed by atoms with Crippen LogP contribution in [0.5, 0.6) is 0 Å². The molecule has 1 saturated heterocycles. The molecule has 2 aromatic rings. The van der Waals surface area contributed by atoms with Crippen LogP contribution in [0.3, 0.4) is 0 Å². The van der Waals surface area contributed by atoms with E-state index in [0.717, 1.165) is 5.56 Å². The number of thioether (sulfide) groups is 1. The number of nitrogens with zero attached hydrogens (tertiary/aromatic N) is 2. The zero-order chi connectivity index (χ0) is 15.5. The molecule has 0 atom stereocenters. The molecule has 1 fully saturated rings. The highest BCUT2D eigenvalue weighted by Crippen LogP contribution is 2.34. The predicted octanol–water partition coefficient (Wildman–Crippen LogP) is 4.28. The molecule has 110 valence electrons. The summed E-state index contributed by atoms with van der Waals surface area (Å²) < 4.78 is 0. The Labute approximate surface area is 141 Å². The van der Waals surface area contributed by atoms with Gasteiger partial charge in [-0.1, -0.05) is 35.3 Å². The minimum absolute atomic E-state index is 0.203. The van der Waals surface area contributed by atoms with Gasteiger partial charge in [-0.05, 0) is 41.6 Å². The first kappa shape index (κ1) is 15.1. The summed E-state index contributed by atoms with van der Waals surface area (Å²) in [6.07, 6.45) is 5.12. The highest BCUT2D eigenvalue weighted by molar-refractivity contribution is 8.18. The zero-order valence-corrected chi connectivity index (χ0v) is 13.4. The molecule has 1 aromatic carbocycles. The van der Waals surface area contributed by atoms with Gasteiger partial charge in [-0.3, -0.25) is 9.78 Å². The van der Waals surface area contributed by atoms with Gasteiger partial charge in [-0.15, -0.1) is 0 Å². The number of amidine groups is 1. The van der Waals surface area contributed by atoms with Crippen LogP contribution >= 0.6 is 35.0 Å². The highest BCUT2D eigenvalue weighted by atomic mass is 35.5. The number of aromatic nitrogens is 1. The third-order valence-corrected chi connectivity index (χ3v) is 4.51. The summed E-state index contributed by atoms with van der Waals surface area (Å²) in [6, 6.07) is 8.85. The molecule has 0 aliphatic carbocycles. The quantitative estimate of drug-likeness (QED) is 0.823. The van der Waals surface area contributed by atoms with Crippen LogP contribution in [0.4, 0.5) is 5.69 Å². The van der Waals surface area contributed by atoms with Gasteiger partial charge in [0.15, 0.2) is 5.17 Å². The number of nitrogens with one attached hydrogen (secondary N) is 1. The number of carbonyl (C=O) groups is 1. The summed E-state index contributed by atoms with van der Waals surface area (Å²) in [5, 5.41) is 3.94. The fourth-order valence-corrected chi connectivity index (χ4v) is 2.95. The summed E-state index contributed by atoms with van der Waals surface area (Å²) in [5.41, 5.74) is 1.36. The number of benzene rings is 1. The average Bonchev–Trinajstić information content (AvgIpc) is 2.85. The van der Waals surface area contributed by atoms with Gasteiger partial charge in [0.1, 0.15) is 0 Å². The largest absolute Gasteiger partial charge is 0.300 e. The minimum atomic E-state index is -0.203. The number of rotatable bonds is 2. The monoisotopic (exact) mass is 349 g/mol. The van der Waals surface area contributed by atoms with Gasteiger partial charge in [-0.25, -0.2) is 4.99 Å². The van der Waals surface area contributed by atoms with E-state index in [0.29, 0.717) is 25.8 Å². The summed E-state index contributed by atoms with van der Waals surface area (Å²) in [5.74, 6) is -0.203. The smallest absolute Gasteiger partial charge is 0.264 e. The Hall–Kier alpha value is -1.82. The van der Waals surface area contributed by atoms with Gasteiger partial charge < -0.3 is 5.32 Å². The van der Waals surface area contributed by atoms with Crippen LogP contribution in [0.15, 0.2) is 52.6 Å². The van der Waals surface area contributed by atoms with E-state index in [2.05, 4.69) is 15.3 Å². The van der Waals surface area contributed by atoms with Gasteiger partial charge in [0.25, 0.3) is 5.91 Å². The molecule has 1 aliphatic rings. The van der Waals surface area contributed by atoms with Crippen molar-refractivity contribution in [3.05, 3.63) is 63.2 Å². The second kappa shape index (κ2) is 6.52. The molecule has 1 amide bonds. The van der Waals surface area contributed by atoms with Crippen molar-refractivity contribution >= 4 is 57.8 Å².